The van der Waals surface area contributed by atoms with Crippen LogP contribution < -0.4 is 0 Å². The molecule has 7 atom stereocenters. The highest BCUT2D eigenvalue weighted by Crippen LogP contribution is 2.48. The molecule has 1 aromatic rings. The van der Waals surface area contributed by atoms with Gasteiger partial charge in [0.1, 0.15) is 11.9 Å². The second-order valence-electron chi connectivity index (χ2n) is 10.4. The van der Waals surface area contributed by atoms with Crippen LogP contribution in [0.5, 0.6) is 0 Å². The average molecular weight is 439 g/mol. The summed E-state index contributed by atoms with van der Waals surface area (Å²) in [6.07, 6.45) is 2.61. The third kappa shape index (κ3) is 3.40. The van der Waals surface area contributed by atoms with Crippen LogP contribution >= 0.6 is 0 Å². The van der Waals surface area contributed by atoms with Crippen LogP contribution in [-0.2, 0) is 9.59 Å². The zero-order valence-corrected chi connectivity index (χ0v) is 18.9. The average Bonchev–Trinajstić information content (AvgIpc) is 3.10. The monoisotopic (exact) mass is 438 g/mol. The fourth-order valence-corrected chi connectivity index (χ4v) is 6.36. The van der Waals surface area contributed by atoms with E-state index in [-0.39, 0.29) is 59.7 Å². The number of halogens is 1. The topological polar surface area (TPSA) is 67.7 Å². The number of piperidine rings is 1. The van der Waals surface area contributed by atoms with E-state index in [0.29, 0.717) is 12.5 Å². The standard InChI is InChI=1S/C25H31FN4O2/c1-14(2)23(16-4-6-18(26)7-5-16)30-20-10-22(25(30)32)28(13-20)12-15(3)24(31)29-19(11-27)8-17-9-21(17)29/h4-7,14-15,17,19-23H,8-10,12-13H2,1-3H3/t15-,17+,19-,20+,21?,22+,23+/m0/s1. The van der Waals surface area contributed by atoms with Gasteiger partial charge < -0.3 is 9.80 Å². The Morgan fingerprint density at radius 2 is 1.91 bits per heavy atom. The van der Waals surface area contributed by atoms with Crippen LogP contribution in [0.3, 0.4) is 0 Å². The number of hydrogen-bond acceptors (Lipinski definition) is 4. The summed E-state index contributed by atoms with van der Waals surface area (Å²) >= 11 is 0. The quantitative estimate of drug-likeness (QED) is 0.685. The number of benzene rings is 1. The zero-order chi connectivity index (χ0) is 22.7. The SMILES string of the molecule is CC(C)[C@H](c1ccc(F)cc1)N1C(=O)[C@H]2C[C@@H]1CN2C[C@H](C)C(=O)N1C2C[C@H]2C[C@H]1C#N. The Balaban J connectivity index is 1.27. The first-order chi connectivity index (χ1) is 15.3. The lowest BCUT2D eigenvalue weighted by atomic mass is 9.93. The van der Waals surface area contributed by atoms with Gasteiger partial charge in [0, 0.05) is 31.1 Å². The maximum Gasteiger partial charge on any atom is 0.240 e. The second-order valence-corrected chi connectivity index (χ2v) is 10.4. The van der Waals surface area contributed by atoms with E-state index < -0.39 is 0 Å². The lowest BCUT2D eigenvalue weighted by Crippen LogP contribution is -2.54. The van der Waals surface area contributed by atoms with Gasteiger partial charge in [0.2, 0.25) is 11.8 Å². The molecule has 0 aromatic heterocycles. The number of carbonyl (C=O) groups excluding carboxylic acids is 2. The van der Waals surface area contributed by atoms with Crippen LogP contribution in [0.1, 0.15) is 51.6 Å². The molecule has 0 spiro atoms. The predicted octanol–water partition coefficient (Wildman–Crippen LogP) is 2.96. The molecule has 170 valence electrons. The van der Waals surface area contributed by atoms with Crippen LogP contribution in [0.15, 0.2) is 24.3 Å². The van der Waals surface area contributed by atoms with Gasteiger partial charge in [0.25, 0.3) is 0 Å². The van der Waals surface area contributed by atoms with Gasteiger partial charge in [-0.15, -0.1) is 0 Å². The highest BCUT2D eigenvalue weighted by atomic mass is 19.1. The zero-order valence-electron chi connectivity index (χ0n) is 18.9. The van der Waals surface area contributed by atoms with E-state index in [1.807, 2.05) is 16.7 Å². The van der Waals surface area contributed by atoms with E-state index in [1.165, 1.54) is 12.1 Å². The first-order valence-electron chi connectivity index (χ1n) is 11.8. The van der Waals surface area contributed by atoms with E-state index in [0.717, 1.165) is 31.4 Å². The van der Waals surface area contributed by atoms with Gasteiger partial charge in [0.05, 0.1) is 18.2 Å². The predicted molar refractivity (Wildman–Crippen MR) is 117 cm³/mol. The molecule has 4 fully saturated rings. The maximum absolute atomic E-state index is 13.4. The molecule has 2 amide bonds. The third-order valence-corrected chi connectivity index (χ3v) is 7.89. The smallest absolute Gasteiger partial charge is 0.240 e. The van der Waals surface area contributed by atoms with Crippen molar-refractivity contribution in [3.63, 3.8) is 0 Å². The summed E-state index contributed by atoms with van der Waals surface area (Å²) in [6, 6.07) is 8.58. The van der Waals surface area contributed by atoms with E-state index in [4.69, 9.17) is 0 Å². The van der Waals surface area contributed by atoms with Gasteiger partial charge in [0.15, 0.2) is 0 Å². The molecule has 0 N–H and O–H groups in total. The Kier molecular flexibility index (Phi) is 5.24. The van der Waals surface area contributed by atoms with Gasteiger partial charge in [-0.1, -0.05) is 32.9 Å². The number of likely N-dealkylation sites (tertiary alicyclic amines) is 3. The molecule has 1 aromatic carbocycles. The number of fused-ring (bicyclic) bond motifs is 3. The van der Waals surface area contributed by atoms with Crippen molar-refractivity contribution >= 4 is 11.8 Å². The van der Waals surface area contributed by atoms with Gasteiger partial charge >= 0.3 is 0 Å². The van der Waals surface area contributed by atoms with Crippen molar-refractivity contribution in [3.8, 4) is 6.07 Å². The molecule has 32 heavy (non-hydrogen) atoms. The van der Waals surface area contributed by atoms with Gasteiger partial charge in [-0.2, -0.15) is 5.26 Å². The van der Waals surface area contributed by atoms with Crippen molar-refractivity contribution in [2.45, 2.75) is 70.2 Å². The third-order valence-electron chi connectivity index (χ3n) is 7.89. The van der Waals surface area contributed by atoms with Gasteiger partial charge in [-0.05, 0) is 48.8 Å². The Morgan fingerprint density at radius 3 is 2.53 bits per heavy atom. The largest absolute Gasteiger partial charge is 0.330 e. The minimum atomic E-state index is -0.289. The Labute approximate surface area is 189 Å². The minimum Gasteiger partial charge on any atom is -0.330 e. The molecule has 2 bridgehead atoms. The Hall–Kier alpha value is -2.46. The van der Waals surface area contributed by atoms with E-state index in [9.17, 15) is 19.2 Å². The van der Waals surface area contributed by atoms with Crippen molar-refractivity contribution in [1.82, 2.24) is 14.7 Å². The Morgan fingerprint density at radius 1 is 1.19 bits per heavy atom. The van der Waals surface area contributed by atoms with Crippen LogP contribution in [0.4, 0.5) is 4.39 Å². The lowest BCUT2D eigenvalue weighted by Gasteiger charge is -2.41. The van der Waals surface area contributed by atoms with Gasteiger partial charge in [-0.25, -0.2) is 4.39 Å². The molecule has 3 heterocycles. The molecule has 3 saturated heterocycles. The summed E-state index contributed by atoms with van der Waals surface area (Å²) in [4.78, 5) is 32.5. The summed E-state index contributed by atoms with van der Waals surface area (Å²) in [5.41, 5.74) is 0.966. The van der Waals surface area contributed by atoms with Crippen molar-refractivity contribution in [1.29, 1.82) is 5.26 Å². The number of nitrogens with zero attached hydrogens (tertiary/aromatic N) is 4. The molecule has 1 saturated carbocycles. The summed E-state index contributed by atoms with van der Waals surface area (Å²) < 4.78 is 13.4. The molecule has 1 aliphatic carbocycles. The number of hydrogen-bond donors (Lipinski definition) is 0. The molecule has 5 rings (SSSR count). The molecular formula is C25H31FN4O2. The Bertz CT molecular complexity index is 958. The van der Waals surface area contributed by atoms with Crippen LogP contribution in [0, 0.1) is 34.9 Å². The number of amides is 2. The number of piperazine rings is 1. The summed E-state index contributed by atoms with van der Waals surface area (Å²) in [5, 5.41) is 9.42. The molecule has 7 heteroatoms. The van der Waals surface area contributed by atoms with Crippen molar-refractivity contribution in [2.24, 2.45) is 17.8 Å². The normalized spacial score (nSPS) is 32.9. The summed E-state index contributed by atoms with van der Waals surface area (Å²) in [6.45, 7) is 7.42. The van der Waals surface area contributed by atoms with Crippen LogP contribution in [0.2, 0.25) is 0 Å². The number of rotatable bonds is 6. The van der Waals surface area contributed by atoms with Crippen LogP contribution in [0.25, 0.3) is 0 Å². The second kappa shape index (κ2) is 7.84. The van der Waals surface area contributed by atoms with Crippen molar-refractivity contribution in [2.75, 3.05) is 13.1 Å². The van der Waals surface area contributed by atoms with Crippen LogP contribution in [-0.4, -0.2) is 63.8 Å². The molecular weight excluding hydrogens is 407 g/mol. The van der Waals surface area contributed by atoms with Gasteiger partial charge in [-0.3, -0.25) is 14.5 Å². The molecule has 0 radical (unpaired) electrons. The number of carbonyl (C=O) groups is 2. The molecule has 3 aliphatic heterocycles. The fourth-order valence-electron chi connectivity index (χ4n) is 6.36. The molecule has 4 aliphatic rings. The minimum absolute atomic E-state index is 0.0556. The first kappa shape index (κ1) is 21.4. The maximum atomic E-state index is 13.4. The number of nitriles is 1. The van der Waals surface area contributed by atoms with Crippen molar-refractivity contribution < 1.29 is 14.0 Å². The first-order valence-corrected chi connectivity index (χ1v) is 11.8. The lowest BCUT2D eigenvalue weighted by molar-refractivity contribution is -0.143. The van der Waals surface area contributed by atoms with E-state index >= 15 is 0 Å². The molecule has 1 unspecified atom stereocenters. The van der Waals surface area contributed by atoms with E-state index in [2.05, 4.69) is 24.8 Å². The summed E-state index contributed by atoms with van der Waals surface area (Å²) in [5.74, 6) is 0.381. The van der Waals surface area contributed by atoms with Crippen molar-refractivity contribution in [3.05, 3.63) is 35.6 Å². The highest BCUT2D eigenvalue weighted by Gasteiger charge is 2.56. The molecule has 6 nitrogen and oxygen atoms in total. The van der Waals surface area contributed by atoms with E-state index in [1.54, 1.807) is 12.1 Å². The summed E-state index contributed by atoms with van der Waals surface area (Å²) in [7, 11) is 0. The highest BCUT2D eigenvalue weighted by molar-refractivity contribution is 5.86. The fraction of sp³-hybridized carbons (Fsp3) is 0.640.